The normalized spacial score (nSPS) is 15.0. The largest absolute Gasteiger partial charge is 0.379 e. The van der Waals surface area contributed by atoms with Crippen molar-refractivity contribution >= 4 is 37.3 Å². The number of hydrogen-bond donors (Lipinski definition) is 1. The number of thiophene rings is 1. The summed E-state index contributed by atoms with van der Waals surface area (Å²) in [7, 11) is -3.34. The number of ether oxygens (including phenoxy) is 1. The van der Waals surface area contributed by atoms with E-state index in [9.17, 15) is 8.42 Å². The van der Waals surface area contributed by atoms with Crippen molar-refractivity contribution in [3.05, 3.63) is 77.1 Å². The Kier molecular flexibility index (Phi) is 6.60. The maximum atomic E-state index is 11.6. The van der Waals surface area contributed by atoms with E-state index in [4.69, 9.17) is 9.72 Å². The quantitative estimate of drug-likeness (QED) is 0.416. The first-order valence-corrected chi connectivity index (χ1v) is 13.9. The Hall–Kier alpha value is -2.85. The van der Waals surface area contributed by atoms with Crippen molar-refractivity contribution in [3.63, 3.8) is 0 Å². The first kappa shape index (κ1) is 22.9. The molecule has 0 saturated carbocycles. The van der Waals surface area contributed by atoms with Crippen LogP contribution in [0.15, 0.2) is 60.1 Å². The standard InChI is InChI=1S/C25H26N4O3S2/c1-34(30,31)28-21-4-2-3-20(14-21)22-17-33-23-15-26-24(27-25(22)23)13-18-5-7-19(8-6-18)16-29-9-11-32-12-10-29/h2-8,14-15,17,28H,9-13,16H2,1H3. The van der Waals surface area contributed by atoms with Crippen LogP contribution in [0, 0.1) is 0 Å². The lowest BCUT2D eigenvalue weighted by Crippen LogP contribution is -2.35. The third-order valence-corrected chi connectivity index (χ3v) is 7.25. The van der Waals surface area contributed by atoms with Gasteiger partial charge in [0.1, 0.15) is 5.82 Å². The molecule has 0 spiro atoms. The second kappa shape index (κ2) is 9.79. The number of nitrogens with one attached hydrogen (secondary N) is 1. The van der Waals surface area contributed by atoms with Crippen molar-refractivity contribution in [2.45, 2.75) is 13.0 Å². The Labute approximate surface area is 203 Å². The fourth-order valence-electron chi connectivity index (χ4n) is 4.08. The average Bonchev–Trinajstić information content (AvgIpc) is 3.23. The molecular formula is C25H26N4O3S2. The first-order valence-electron chi connectivity index (χ1n) is 11.1. The van der Waals surface area contributed by atoms with Gasteiger partial charge in [-0.1, -0.05) is 36.4 Å². The van der Waals surface area contributed by atoms with E-state index in [0.29, 0.717) is 12.1 Å². The third kappa shape index (κ3) is 5.61. The van der Waals surface area contributed by atoms with Crippen molar-refractivity contribution in [1.29, 1.82) is 0 Å². The van der Waals surface area contributed by atoms with Crippen LogP contribution in [0.3, 0.4) is 0 Å². The van der Waals surface area contributed by atoms with Crippen molar-refractivity contribution in [3.8, 4) is 11.1 Å². The van der Waals surface area contributed by atoms with Crippen molar-refractivity contribution in [2.75, 3.05) is 37.3 Å². The summed E-state index contributed by atoms with van der Waals surface area (Å²) in [6.45, 7) is 4.51. The lowest BCUT2D eigenvalue weighted by molar-refractivity contribution is 0.0342. The molecule has 4 aromatic rings. The number of anilines is 1. The summed E-state index contributed by atoms with van der Waals surface area (Å²) in [5.41, 5.74) is 5.77. The predicted octanol–water partition coefficient (Wildman–Crippen LogP) is 4.15. The van der Waals surface area contributed by atoms with Crippen LogP contribution in [-0.4, -0.2) is 55.8 Å². The average molecular weight is 495 g/mol. The van der Waals surface area contributed by atoms with Crippen molar-refractivity contribution in [1.82, 2.24) is 14.9 Å². The van der Waals surface area contributed by atoms with E-state index >= 15 is 0 Å². The van der Waals surface area contributed by atoms with Crippen molar-refractivity contribution < 1.29 is 13.2 Å². The first-order chi connectivity index (χ1) is 16.4. The molecule has 2 aromatic carbocycles. The summed E-state index contributed by atoms with van der Waals surface area (Å²) in [5.74, 6) is 0.762. The number of sulfonamides is 1. The lowest BCUT2D eigenvalue weighted by atomic mass is 10.1. The molecule has 1 saturated heterocycles. The highest BCUT2D eigenvalue weighted by Crippen LogP contribution is 2.33. The van der Waals surface area contributed by atoms with E-state index in [1.807, 2.05) is 29.8 Å². The monoisotopic (exact) mass is 494 g/mol. The number of benzene rings is 2. The number of rotatable bonds is 7. The Morgan fingerprint density at radius 3 is 2.62 bits per heavy atom. The minimum atomic E-state index is -3.34. The zero-order valence-corrected chi connectivity index (χ0v) is 20.5. The molecule has 1 aliphatic heterocycles. The molecule has 0 bridgehead atoms. The van der Waals surface area contributed by atoms with Gasteiger partial charge in [0.15, 0.2) is 0 Å². The fourth-order valence-corrected chi connectivity index (χ4v) is 5.51. The van der Waals surface area contributed by atoms with Crippen LogP contribution in [0.1, 0.15) is 17.0 Å². The van der Waals surface area contributed by atoms with E-state index in [-0.39, 0.29) is 0 Å². The van der Waals surface area contributed by atoms with E-state index in [1.165, 1.54) is 11.1 Å². The number of fused-ring (bicyclic) bond motifs is 1. The smallest absolute Gasteiger partial charge is 0.229 e. The summed E-state index contributed by atoms with van der Waals surface area (Å²) < 4.78 is 32.2. The molecule has 0 atom stereocenters. The van der Waals surface area contributed by atoms with Gasteiger partial charge in [0.25, 0.3) is 0 Å². The van der Waals surface area contributed by atoms with Crippen LogP contribution in [-0.2, 0) is 27.7 Å². The maximum Gasteiger partial charge on any atom is 0.229 e. The zero-order chi connectivity index (χ0) is 23.5. The minimum absolute atomic E-state index is 0.533. The van der Waals surface area contributed by atoms with Gasteiger partial charge in [0, 0.05) is 48.9 Å². The van der Waals surface area contributed by atoms with Gasteiger partial charge in [-0.2, -0.15) is 0 Å². The molecule has 5 rings (SSSR count). The molecule has 9 heteroatoms. The molecule has 1 N–H and O–H groups in total. The number of hydrogen-bond acceptors (Lipinski definition) is 7. The van der Waals surface area contributed by atoms with E-state index in [1.54, 1.807) is 17.4 Å². The lowest BCUT2D eigenvalue weighted by Gasteiger charge is -2.26. The predicted molar refractivity (Wildman–Crippen MR) is 137 cm³/mol. The third-order valence-electron chi connectivity index (χ3n) is 5.74. The molecule has 0 amide bonds. The molecule has 0 aliphatic carbocycles. The molecule has 7 nitrogen and oxygen atoms in total. The zero-order valence-electron chi connectivity index (χ0n) is 18.9. The molecule has 1 fully saturated rings. The Morgan fingerprint density at radius 2 is 1.85 bits per heavy atom. The highest BCUT2D eigenvalue weighted by Gasteiger charge is 2.13. The number of morpholine rings is 1. The molecule has 176 valence electrons. The second-order valence-corrected chi connectivity index (χ2v) is 11.1. The Morgan fingerprint density at radius 1 is 1.09 bits per heavy atom. The fraction of sp³-hybridized carbons (Fsp3) is 0.280. The summed E-state index contributed by atoms with van der Waals surface area (Å²) >= 11 is 1.58. The van der Waals surface area contributed by atoms with E-state index in [2.05, 4.69) is 38.9 Å². The Bertz CT molecular complexity index is 1400. The van der Waals surface area contributed by atoms with Gasteiger partial charge >= 0.3 is 0 Å². The summed E-state index contributed by atoms with van der Waals surface area (Å²) in [4.78, 5) is 11.9. The molecule has 0 unspecified atom stereocenters. The van der Waals surface area contributed by atoms with Crippen LogP contribution >= 0.6 is 11.3 Å². The molecule has 1 aliphatic rings. The molecular weight excluding hydrogens is 468 g/mol. The van der Waals surface area contributed by atoms with E-state index < -0.39 is 10.0 Å². The SMILES string of the molecule is CS(=O)(=O)Nc1cccc(-c2csc3cnc(Cc4ccc(CN5CCOCC5)cc4)nc23)c1. The molecule has 2 aromatic heterocycles. The maximum absolute atomic E-state index is 11.6. The second-order valence-electron chi connectivity index (χ2n) is 8.49. The number of aromatic nitrogens is 2. The minimum Gasteiger partial charge on any atom is -0.379 e. The Balaban J connectivity index is 1.35. The molecule has 0 radical (unpaired) electrons. The topological polar surface area (TPSA) is 84.4 Å². The van der Waals surface area contributed by atoms with Crippen LogP contribution < -0.4 is 4.72 Å². The van der Waals surface area contributed by atoms with Gasteiger partial charge in [-0.25, -0.2) is 18.4 Å². The van der Waals surface area contributed by atoms with Crippen molar-refractivity contribution in [2.24, 2.45) is 0 Å². The van der Waals surface area contributed by atoms with Gasteiger partial charge in [-0.3, -0.25) is 9.62 Å². The van der Waals surface area contributed by atoms with Gasteiger partial charge in [0.2, 0.25) is 10.0 Å². The highest BCUT2D eigenvalue weighted by atomic mass is 32.2. The summed E-state index contributed by atoms with van der Waals surface area (Å²) in [6, 6.07) is 16.0. The molecule has 3 heterocycles. The molecule has 34 heavy (non-hydrogen) atoms. The van der Waals surface area contributed by atoms with Gasteiger partial charge in [-0.15, -0.1) is 11.3 Å². The van der Waals surface area contributed by atoms with Gasteiger partial charge in [0.05, 0.1) is 29.7 Å². The van der Waals surface area contributed by atoms with Crippen LogP contribution in [0.5, 0.6) is 0 Å². The van der Waals surface area contributed by atoms with Gasteiger partial charge < -0.3 is 4.74 Å². The summed E-state index contributed by atoms with van der Waals surface area (Å²) in [5, 5.41) is 2.04. The number of nitrogens with zero attached hydrogens (tertiary/aromatic N) is 3. The van der Waals surface area contributed by atoms with Gasteiger partial charge in [-0.05, 0) is 28.8 Å². The van der Waals surface area contributed by atoms with E-state index in [0.717, 1.165) is 66.3 Å². The van der Waals surface area contributed by atoms with Crippen LogP contribution in [0.25, 0.3) is 21.3 Å². The highest BCUT2D eigenvalue weighted by molar-refractivity contribution is 7.92. The summed E-state index contributed by atoms with van der Waals surface area (Å²) in [6.07, 6.45) is 3.67. The van der Waals surface area contributed by atoms with Crippen LogP contribution in [0.2, 0.25) is 0 Å². The van der Waals surface area contributed by atoms with Crippen LogP contribution in [0.4, 0.5) is 5.69 Å².